The molecule has 0 aliphatic carbocycles. The van der Waals surface area contributed by atoms with Crippen LogP contribution >= 0.6 is 11.3 Å². The van der Waals surface area contributed by atoms with Gasteiger partial charge in [0.1, 0.15) is 16.1 Å². The zero-order valence-corrected chi connectivity index (χ0v) is 14.4. The Kier molecular flexibility index (Phi) is 4.67. The molecule has 1 amide bonds. The molecule has 0 unspecified atom stereocenters. The smallest absolute Gasteiger partial charge is 0.349 e. The Labute approximate surface area is 147 Å². The molecule has 0 spiro atoms. The fraction of sp³-hybridized carbons (Fsp3) is 0.167. The van der Waals surface area contributed by atoms with E-state index in [4.69, 9.17) is 9.15 Å². The number of carbonyl (C=O) groups is 2. The molecule has 0 fully saturated rings. The summed E-state index contributed by atoms with van der Waals surface area (Å²) in [6, 6.07) is 10.0. The van der Waals surface area contributed by atoms with Crippen molar-refractivity contribution in [3.63, 3.8) is 0 Å². The Balaban J connectivity index is 1.94. The van der Waals surface area contributed by atoms with Crippen LogP contribution in [0.1, 0.15) is 32.5 Å². The van der Waals surface area contributed by atoms with Crippen molar-refractivity contribution in [2.24, 2.45) is 0 Å². The van der Waals surface area contributed by atoms with E-state index in [1.165, 1.54) is 17.4 Å². The normalized spacial score (nSPS) is 10.6. The number of fused-ring (bicyclic) bond motifs is 1. The Morgan fingerprint density at radius 3 is 2.72 bits per heavy atom. The molecule has 0 saturated carbocycles. The molecule has 6 nitrogen and oxygen atoms in total. The lowest BCUT2D eigenvalue weighted by Gasteiger charge is -2.06. The van der Waals surface area contributed by atoms with Crippen LogP contribution < -0.4 is 10.9 Å². The van der Waals surface area contributed by atoms with Gasteiger partial charge in [-0.2, -0.15) is 0 Å². The number of carbonyl (C=O) groups excluding carboxylic acids is 2. The van der Waals surface area contributed by atoms with Gasteiger partial charge in [-0.1, -0.05) is 18.2 Å². The average Bonchev–Trinajstić information content (AvgIpc) is 2.94. The second-order valence-corrected chi connectivity index (χ2v) is 6.52. The van der Waals surface area contributed by atoms with Crippen LogP contribution in [0.2, 0.25) is 0 Å². The van der Waals surface area contributed by atoms with Crippen molar-refractivity contribution >= 4 is 39.2 Å². The average molecular weight is 357 g/mol. The highest BCUT2D eigenvalue weighted by Crippen LogP contribution is 2.28. The summed E-state index contributed by atoms with van der Waals surface area (Å²) in [7, 11) is 0. The number of thiophene rings is 1. The third-order valence-corrected chi connectivity index (χ3v) is 4.43. The van der Waals surface area contributed by atoms with E-state index in [0.717, 1.165) is 4.88 Å². The quantitative estimate of drug-likeness (QED) is 0.570. The van der Waals surface area contributed by atoms with Gasteiger partial charge >= 0.3 is 11.6 Å². The predicted octanol–water partition coefficient (Wildman–Crippen LogP) is 3.59. The SMILES string of the molecule is CCOC(=O)c1cc(C)sc1NC(=O)c1cc2ccccc2oc1=O. The van der Waals surface area contributed by atoms with Crippen LogP contribution in [0.4, 0.5) is 5.00 Å². The molecule has 25 heavy (non-hydrogen) atoms. The number of benzene rings is 1. The number of nitrogens with one attached hydrogen (secondary N) is 1. The lowest BCUT2D eigenvalue weighted by Crippen LogP contribution is -2.21. The number of aryl methyl sites for hydroxylation is 1. The molecule has 0 bridgehead atoms. The first kappa shape index (κ1) is 16.9. The zero-order valence-electron chi connectivity index (χ0n) is 13.6. The number of amides is 1. The molecule has 0 aliphatic rings. The first-order chi connectivity index (χ1) is 12.0. The predicted molar refractivity (Wildman–Crippen MR) is 95.4 cm³/mol. The molecule has 1 N–H and O–H groups in total. The topological polar surface area (TPSA) is 85.6 Å². The molecule has 0 saturated heterocycles. The minimum Gasteiger partial charge on any atom is -0.462 e. The van der Waals surface area contributed by atoms with E-state index in [9.17, 15) is 14.4 Å². The van der Waals surface area contributed by atoms with Crippen LogP contribution in [0.5, 0.6) is 0 Å². The van der Waals surface area contributed by atoms with Gasteiger partial charge in [-0.25, -0.2) is 9.59 Å². The maximum Gasteiger partial charge on any atom is 0.349 e. The zero-order chi connectivity index (χ0) is 18.0. The minimum atomic E-state index is -0.734. The molecule has 0 aliphatic heterocycles. The van der Waals surface area contributed by atoms with E-state index in [0.29, 0.717) is 16.0 Å². The number of anilines is 1. The summed E-state index contributed by atoms with van der Waals surface area (Å²) in [5, 5.41) is 3.59. The highest BCUT2D eigenvalue weighted by atomic mass is 32.1. The maximum atomic E-state index is 12.5. The van der Waals surface area contributed by atoms with E-state index in [1.54, 1.807) is 37.3 Å². The Hall–Kier alpha value is -2.93. The van der Waals surface area contributed by atoms with E-state index in [1.807, 2.05) is 6.92 Å². The molecule has 1 aromatic carbocycles. The standard InChI is InChI=1S/C18H15NO5S/c1-3-23-17(21)13-8-10(2)25-16(13)19-15(20)12-9-11-6-4-5-7-14(11)24-18(12)22/h4-9H,3H2,1-2H3,(H,19,20). The fourth-order valence-corrected chi connectivity index (χ4v) is 3.25. The molecule has 0 radical (unpaired) electrons. The Morgan fingerprint density at radius 1 is 1.20 bits per heavy atom. The van der Waals surface area contributed by atoms with Gasteiger partial charge in [-0.05, 0) is 32.0 Å². The van der Waals surface area contributed by atoms with Gasteiger partial charge in [-0.3, -0.25) is 4.79 Å². The van der Waals surface area contributed by atoms with Gasteiger partial charge < -0.3 is 14.5 Å². The monoisotopic (exact) mass is 357 g/mol. The molecule has 3 aromatic rings. The van der Waals surface area contributed by atoms with Gasteiger partial charge in [0.15, 0.2) is 0 Å². The van der Waals surface area contributed by atoms with Gasteiger partial charge in [0, 0.05) is 10.3 Å². The van der Waals surface area contributed by atoms with Crippen molar-refractivity contribution in [1.82, 2.24) is 0 Å². The summed E-state index contributed by atoms with van der Waals surface area (Å²) in [6.07, 6.45) is 0. The van der Waals surface area contributed by atoms with Crippen molar-refractivity contribution in [1.29, 1.82) is 0 Å². The van der Waals surface area contributed by atoms with Gasteiger partial charge in [0.25, 0.3) is 5.91 Å². The van der Waals surface area contributed by atoms with Crippen molar-refractivity contribution in [2.75, 3.05) is 11.9 Å². The molecule has 2 aromatic heterocycles. The molecule has 128 valence electrons. The lowest BCUT2D eigenvalue weighted by atomic mass is 10.2. The molecule has 0 atom stereocenters. The number of esters is 1. The van der Waals surface area contributed by atoms with E-state index in [2.05, 4.69) is 5.32 Å². The molecular formula is C18H15NO5S. The Morgan fingerprint density at radius 2 is 1.96 bits per heavy atom. The summed E-state index contributed by atoms with van der Waals surface area (Å²) in [6.45, 7) is 3.75. The first-order valence-electron chi connectivity index (χ1n) is 7.61. The maximum absolute atomic E-state index is 12.5. The largest absolute Gasteiger partial charge is 0.462 e. The number of hydrogen-bond donors (Lipinski definition) is 1. The fourth-order valence-electron chi connectivity index (χ4n) is 2.36. The van der Waals surface area contributed by atoms with Crippen molar-refractivity contribution in [2.45, 2.75) is 13.8 Å². The van der Waals surface area contributed by atoms with Crippen LogP contribution in [0.3, 0.4) is 0 Å². The van der Waals surface area contributed by atoms with Gasteiger partial charge in [0.2, 0.25) is 0 Å². The number of rotatable bonds is 4. The number of ether oxygens (including phenoxy) is 1. The van der Waals surface area contributed by atoms with Gasteiger partial charge in [-0.15, -0.1) is 11.3 Å². The van der Waals surface area contributed by atoms with Crippen molar-refractivity contribution in [3.8, 4) is 0 Å². The molecule has 7 heteroatoms. The lowest BCUT2D eigenvalue weighted by molar-refractivity contribution is 0.0528. The van der Waals surface area contributed by atoms with Crippen LogP contribution in [0.15, 0.2) is 45.6 Å². The van der Waals surface area contributed by atoms with Crippen LogP contribution in [-0.2, 0) is 4.74 Å². The number of hydrogen-bond acceptors (Lipinski definition) is 6. The summed E-state index contributed by atoms with van der Waals surface area (Å²) >= 11 is 1.24. The third kappa shape index (κ3) is 3.46. The van der Waals surface area contributed by atoms with E-state index < -0.39 is 17.5 Å². The number of para-hydroxylation sites is 1. The van der Waals surface area contributed by atoms with Crippen LogP contribution in [-0.4, -0.2) is 18.5 Å². The minimum absolute atomic E-state index is 0.125. The summed E-state index contributed by atoms with van der Waals surface area (Å²) in [4.78, 5) is 37.4. The Bertz CT molecular complexity index is 1020. The summed E-state index contributed by atoms with van der Waals surface area (Å²) in [5.74, 6) is -1.15. The third-order valence-electron chi connectivity index (χ3n) is 3.46. The molecule has 3 rings (SSSR count). The van der Waals surface area contributed by atoms with Crippen molar-refractivity contribution < 1.29 is 18.7 Å². The second kappa shape index (κ2) is 6.90. The van der Waals surface area contributed by atoms with Gasteiger partial charge in [0.05, 0.1) is 12.2 Å². The first-order valence-corrected chi connectivity index (χ1v) is 8.43. The highest BCUT2D eigenvalue weighted by molar-refractivity contribution is 7.16. The van der Waals surface area contributed by atoms with E-state index in [-0.39, 0.29) is 17.7 Å². The second-order valence-electron chi connectivity index (χ2n) is 5.26. The van der Waals surface area contributed by atoms with Crippen LogP contribution in [0.25, 0.3) is 11.0 Å². The van der Waals surface area contributed by atoms with E-state index >= 15 is 0 Å². The van der Waals surface area contributed by atoms with Crippen molar-refractivity contribution in [3.05, 3.63) is 62.8 Å². The van der Waals surface area contributed by atoms with Crippen LogP contribution in [0, 0.1) is 6.92 Å². The highest BCUT2D eigenvalue weighted by Gasteiger charge is 2.20. The summed E-state index contributed by atoms with van der Waals surface area (Å²) < 4.78 is 10.2. The molecular weight excluding hydrogens is 342 g/mol. The molecule has 2 heterocycles. The summed E-state index contributed by atoms with van der Waals surface area (Å²) in [5.41, 5.74) is -0.187.